The summed E-state index contributed by atoms with van der Waals surface area (Å²) in [6.45, 7) is 0.784. The third-order valence-electron chi connectivity index (χ3n) is 4.11. The quantitative estimate of drug-likeness (QED) is 0.443. The van der Waals surface area contributed by atoms with Gasteiger partial charge in [-0.1, -0.05) is 11.8 Å². The Morgan fingerprint density at radius 1 is 1.28 bits per heavy atom. The highest BCUT2D eigenvalue weighted by Gasteiger charge is 2.16. The predicted octanol–water partition coefficient (Wildman–Crippen LogP) is 2.34. The predicted molar refractivity (Wildman–Crippen MR) is 104 cm³/mol. The molecule has 0 atom stereocenters. The number of anilines is 1. The van der Waals surface area contributed by atoms with Gasteiger partial charge in [-0.05, 0) is 38.1 Å². The van der Waals surface area contributed by atoms with E-state index < -0.39 is 6.61 Å². The molecule has 3 N–H and O–H groups in total. The number of nitrogens with zero attached hydrogens (tertiary/aromatic N) is 5. The van der Waals surface area contributed by atoms with Crippen LogP contribution in [-0.2, 0) is 11.8 Å². The number of amides is 1. The van der Waals surface area contributed by atoms with Crippen LogP contribution in [0.2, 0.25) is 0 Å². The maximum absolute atomic E-state index is 12.3. The lowest BCUT2D eigenvalue weighted by Crippen LogP contribution is -2.17. The molecule has 3 rings (SSSR count). The Morgan fingerprint density at radius 2 is 1.97 bits per heavy atom. The Balaban J connectivity index is 1.64. The van der Waals surface area contributed by atoms with Gasteiger partial charge in [-0.3, -0.25) is 9.48 Å². The highest BCUT2D eigenvalue weighted by Crippen LogP contribution is 2.25. The molecule has 0 spiro atoms. The molecule has 29 heavy (non-hydrogen) atoms. The number of aromatic nitrogens is 5. The van der Waals surface area contributed by atoms with Gasteiger partial charge in [-0.15, -0.1) is 10.2 Å². The number of carbonyl (C=O) groups excluding carboxylic acids is 1. The van der Waals surface area contributed by atoms with E-state index in [2.05, 4.69) is 25.3 Å². The molecule has 1 aromatic carbocycles. The van der Waals surface area contributed by atoms with Gasteiger partial charge < -0.3 is 15.9 Å². The second kappa shape index (κ2) is 8.47. The Bertz CT molecular complexity index is 1020. The molecule has 0 aliphatic rings. The lowest BCUT2D eigenvalue weighted by atomic mass is 10.2. The number of halogens is 2. The number of nitrogens with one attached hydrogen (secondary N) is 1. The Hall–Kier alpha value is -3.15. The maximum atomic E-state index is 12.3. The van der Waals surface area contributed by atoms with E-state index in [1.807, 2.05) is 13.8 Å². The van der Waals surface area contributed by atoms with E-state index in [9.17, 15) is 13.6 Å². The monoisotopic (exact) mass is 423 g/mol. The molecule has 0 aliphatic carbocycles. The number of benzene rings is 1. The molecular weight excluding hydrogens is 404 g/mol. The summed E-state index contributed by atoms with van der Waals surface area (Å²) >= 11 is 1.12. The summed E-state index contributed by atoms with van der Waals surface area (Å²) < 4.78 is 31.7. The average molecular weight is 423 g/mol. The van der Waals surface area contributed by atoms with Gasteiger partial charge in [0.1, 0.15) is 5.75 Å². The number of rotatable bonds is 7. The first-order chi connectivity index (χ1) is 13.8. The normalized spacial score (nSPS) is 11.1. The largest absolute Gasteiger partial charge is 0.435 e. The number of aryl methyl sites for hydroxylation is 2. The second-order valence-corrected chi connectivity index (χ2v) is 7.03. The number of thioether (sulfide) groups is 1. The van der Waals surface area contributed by atoms with Crippen LogP contribution in [0, 0.1) is 13.8 Å². The number of hydrogen-bond donors (Lipinski definition) is 2. The summed E-state index contributed by atoms with van der Waals surface area (Å²) in [5, 5.41) is 15.4. The molecule has 3 aromatic rings. The van der Waals surface area contributed by atoms with Gasteiger partial charge in [-0.25, -0.2) is 4.68 Å². The lowest BCUT2D eigenvalue weighted by molar-refractivity contribution is -0.113. The molecular formula is C17H19F2N7O2S. The topological polar surface area (TPSA) is 113 Å². The van der Waals surface area contributed by atoms with Crippen LogP contribution < -0.4 is 15.9 Å². The maximum Gasteiger partial charge on any atom is 0.387 e. The van der Waals surface area contributed by atoms with E-state index in [0.717, 1.165) is 23.1 Å². The molecule has 12 heteroatoms. The van der Waals surface area contributed by atoms with Crippen molar-refractivity contribution in [2.45, 2.75) is 25.6 Å². The van der Waals surface area contributed by atoms with Crippen LogP contribution in [0.25, 0.3) is 11.4 Å². The lowest BCUT2D eigenvalue weighted by Gasteiger charge is -2.07. The van der Waals surface area contributed by atoms with Crippen LogP contribution in [0.5, 0.6) is 5.75 Å². The minimum Gasteiger partial charge on any atom is -0.435 e. The number of alkyl halides is 2. The number of nitrogens with two attached hydrogens (primary N) is 1. The SMILES string of the molecule is Cc1nn(C)c(C)c1NC(=O)CSc1nnc(-c2ccc(OC(F)F)cc2)n1N. The van der Waals surface area contributed by atoms with Crippen LogP contribution in [0.3, 0.4) is 0 Å². The molecule has 0 bridgehead atoms. The van der Waals surface area contributed by atoms with Gasteiger partial charge in [0, 0.05) is 12.6 Å². The first-order valence-corrected chi connectivity index (χ1v) is 9.43. The number of carbonyl (C=O) groups is 1. The van der Waals surface area contributed by atoms with Crippen molar-refractivity contribution in [2.24, 2.45) is 7.05 Å². The van der Waals surface area contributed by atoms with Gasteiger partial charge in [0.2, 0.25) is 11.1 Å². The van der Waals surface area contributed by atoms with Crippen molar-refractivity contribution < 1.29 is 18.3 Å². The van der Waals surface area contributed by atoms with Crippen molar-refractivity contribution in [2.75, 3.05) is 16.9 Å². The molecule has 0 saturated heterocycles. The van der Waals surface area contributed by atoms with E-state index in [1.54, 1.807) is 23.9 Å². The Labute approximate surface area is 169 Å². The highest BCUT2D eigenvalue weighted by molar-refractivity contribution is 7.99. The second-order valence-electron chi connectivity index (χ2n) is 6.09. The zero-order valence-corrected chi connectivity index (χ0v) is 16.7. The summed E-state index contributed by atoms with van der Waals surface area (Å²) in [5.41, 5.74) is 2.83. The number of ether oxygens (including phenoxy) is 1. The van der Waals surface area contributed by atoms with Crippen LogP contribution in [-0.4, -0.2) is 42.9 Å². The molecule has 0 saturated carbocycles. The molecule has 2 heterocycles. The Morgan fingerprint density at radius 3 is 2.55 bits per heavy atom. The van der Waals surface area contributed by atoms with Crippen LogP contribution in [0.4, 0.5) is 14.5 Å². The molecule has 1 amide bonds. The molecule has 9 nitrogen and oxygen atoms in total. The fourth-order valence-corrected chi connectivity index (χ4v) is 3.27. The van der Waals surface area contributed by atoms with E-state index >= 15 is 0 Å². The highest BCUT2D eigenvalue weighted by atomic mass is 32.2. The smallest absolute Gasteiger partial charge is 0.387 e. The van der Waals surface area contributed by atoms with Crippen molar-refractivity contribution in [1.29, 1.82) is 0 Å². The molecule has 0 unspecified atom stereocenters. The summed E-state index contributed by atoms with van der Waals surface area (Å²) in [6, 6.07) is 5.85. The van der Waals surface area contributed by atoms with Gasteiger partial charge in [0.15, 0.2) is 5.82 Å². The molecule has 0 radical (unpaired) electrons. The first-order valence-electron chi connectivity index (χ1n) is 8.45. The molecule has 0 aliphatic heterocycles. The molecule has 2 aromatic heterocycles. The molecule has 0 fully saturated rings. The summed E-state index contributed by atoms with van der Waals surface area (Å²) in [7, 11) is 1.80. The summed E-state index contributed by atoms with van der Waals surface area (Å²) in [5.74, 6) is 6.22. The number of hydrogen-bond acceptors (Lipinski definition) is 7. The van der Waals surface area contributed by atoms with Crippen LogP contribution >= 0.6 is 11.8 Å². The van der Waals surface area contributed by atoms with Crippen LogP contribution in [0.1, 0.15) is 11.4 Å². The minimum absolute atomic E-state index is 0.0269. The van der Waals surface area contributed by atoms with Crippen molar-refractivity contribution in [3.63, 3.8) is 0 Å². The minimum atomic E-state index is -2.90. The summed E-state index contributed by atoms with van der Waals surface area (Å²) in [6.07, 6.45) is 0. The van der Waals surface area contributed by atoms with E-state index in [4.69, 9.17) is 5.84 Å². The van der Waals surface area contributed by atoms with Crippen molar-refractivity contribution in [3.05, 3.63) is 35.7 Å². The zero-order valence-electron chi connectivity index (χ0n) is 15.9. The van der Waals surface area contributed by atoms with Gasteiger partial charge in [0.25, 0.3) is 0 Å². The first kappa shape index (κ1) is 20.6. The fourth-order valence-electron chi connectivity index (χ4n) is 2.62. The number of nitrogen functional groups attached to an aromatic ring is 1. The van der Waals surface area contributed by atoms with Crippen molar-refractivity contribution in [3.8, 4) is 17.1 Å². The van der Waals surface area contributed by atoms with Crippen molar-refractivity contribution >= 4 is 23.4 Å². The van der Waals surface area contributed by atoms with E-state index in [0.29, 0.717) is 22.2 Å². The third-order valence-corrected chi connectivity index (χ3v) is 5.05. The average Bonchev–Trinajstić information content (AvgIpc) is 3.14. The van der Waals surface area contributed by atoms with Crippen LogP contribution in [0.15, 0.2) is 29.4 Å². The fraction of sp³-hybridized carbons (Fsp3) is 0.294. The molecule has 154 valence electrons. The van der Waals surface area contributed by atoms with E-state index in [1.165, 1.54) is 16.8 Å². The Kier molecular flexibility index (Phi) is 6.01. The van der Waals surface area contributed by atoms with Gasteiger partial charge >= 0.3 is 6.61 Å². The van der Waals surface area contributed by atoms with Gasteiger partial charge in [0.05, 0.1) is 22.8 Å². The van der Waals surface area contributed by atoms with E-state index in [-0.39, 0.29) is 17.4 Å². The summed E-state index contributed by atoms with van der Waals surface area (Å²) in [4.78, 5) is 12.3. The third kappa shape index (κ3) is 4.65. The standard InChI is InChI=1S/C17H19F2N7O2S/c1-9-14(10(2)25(3)24-9)21-13(27)8-29-17-23-22-15(26(17)20)11-4-6-12(7-5-11)28-16(18)19/h4-7,16H,8,20H2,1-3H3,(H,21,27). The van der Waals surface area contributed by atoms with Crippen molar-refractivity contribution in [1.82, 2.24) is 24.7 Å². The zero-order chi connectivity index (χ0) is 21.1. The van der Waals surface area contributed by atoms with Gasteiger partial charge in [-0.2, -0.15) is 13.9 Å².